The van der Waals surface area contributed by atoms with Crippen molar-refractivity contribution in [3.05, 3.63) is 66.4 Å². The van der Waals surface area contributed by atoms with E-state index in [1.807, 2.05) is 0 Å². The number of para-hydroxylation sites is 1. The number of nitrogens with one attached hydrogen (secondary N) is 1. The number of benzene rings is 2. The van der Waals surface area contributed by atoms with E-state index < -0.39 is 15.3 Å². The van der Waals surface area contributed by atoms with Crippen molar-refractivity contribution in [3.63, 3.8) is 0 Å². The molecule has 3 aromatic rings. The molecule has 0 bridgehead atoms. The van der Waals surface area contributed by atoms with Crippen molar-refractivity contribution in [1.29, 1.82) is 0 Å². The highest BCUT2D eigenvalue weighted by Crippen LogP contribution is 2.23. The number of rotatable bonds is 4. The van der Waals surface area contributed by atoms with Crippen LogP contribution in [0, 0.1) is 0 Å². The summed E-state index contributed by atoms with van der Waals surface area (Å²) in [4.78, 5) is 15.3. The zero-order chi connectivity index (χ0) is 16.4. The second kappa shape index (κ2) is 5.98. The second-order valence-electron chi connectivity index (χ2n) is 4.79. The lowest BCUT2D eigenvalue weighted by Crippen LogP contribution is -2.13. The van der Waals surface area contributed by atoms with Gasteiger partial charge in [0.25, 0.3) is 15.3 Å². The van der Waals surface area contributed by atoms with E-state index in [0.717, 1.165) is 5.39 Å². The summed E-state index contributed by atoms with van der Waals surface area (Å²) in [6.45, 7) is 0. The van der Waals surface area contributed by atoms with Crippen molar-refractivity contribution in [2.24, 2.45) is 0 Å². The number of fused-ring (bicyclic) bond motifs is 1. The molecule has 0 aliphatic rings. The summed E-state index contributed by atoms with van der Waals surface area (Å²) in [5, 5.41) is 0.135. The molecular weight excluding hydrogens is 336 g/mol. The lowest BCUT2D eigenvalue weighted by molar-refractivity contribution is 0.108. The van der Waals surface area contributed by atoms with Gasteiger partial charge in [-0.25, -0.2) is 8.42 Å². The number of hydrogen-bond donors (Lipinski definition) is 1. The molecule has 0 aliphatic carbocycles. The summed E-state index contributed by atoms with van der Waals surface area (Å²) in [6.07, 6.45) is 1.54. The topological polar surface area (TPSA) is 76.1 Å². The molecule has 0 unspecified atom stereocenters. The van der Waals surface area contributed by atoms with Crippen molar-refractivity contribution in [3.8, 4) is 0 Å². The summed E-state index contributed by atoms with van der Waals surface area (Å²) in [5.41, 5.74) is 1.02. The van der Waals surface area contributed by atoms with E-state index in [9.17, 15) is 13.2 Å². The van der Waals surface area contributed by atoms with Crippen molar-refractivity contribution in [2.45, 2.75) is 4.90 Å². The molecule has 1 heterocycles. The Morgan fingerprint density at radius 3 is 2.39 bits per heavy atom. The Morgan fingerprint density at radius 2 is 1.70 bits per heavy atom. The van der Waals surface area contributed by atoms with Gasteiger partial charge in [0.1, 0.15) is 4.90 Å². The Hall–Kier alpha value is -2.44. The van der Waals surface area contributed by atoms with Gasteiger partial charge in [0.05, 0.1) is 5.52 Å². The zero-order valence-electron chi connectivity index (χ0n) is 11.7. The fraction of sp³-hybridized carbons (Fsp3) is 0. The Bertz CT molecular complexity index is 980. The largest absolute Gasteiger partial charge is 0.280 e. The van der Waals surface area contributed by atoms with Crippen LogP contribution in [-0.4, -0.2) is 18.6 Å². The SMILES string of the molecule is O=C(Cl)c1ccc(NS(=O)(=O)c2cccc3cccnc23)cc1. The third-order valence-corrected chi connectivity index (χ3v) is 4.88. The molecule has 3 rings (SSSR count). The van der Waals surface area contributed by atoms with Gasteiger partial charge in [-0.1, -0.05) is 18.2 Å². The number of sulfonamides is 1. The molecule has 0 amide bonds. The van der Waals surface area contributed by atoms with Crippen molar-refractivity contribution < 1.29 is 13.2 Å². The molecule has 116 valence electrons. The van der Waals surface area contributed by atoms with E-state index in [4.69, 9.17) is 11.6 Å². The van der Waals surface area contributed by atoms with Gasteiger partial charge in [0, 0.05) is 22.8 Å². The van der Waals surface area contributed by atoms with E-state index in [1.54, 1.807) is 30.5 Å². The van der Waals surface area contributed by atoms with Crippen molar-refractivity contribution in [1.82, 2.24) is 4.98 Å². The molecule has 0 atom stereocenters. The Kier molecular flexibility index (Phi) is 4.02. The quantitative estimate of drug-likeness (QED) is 0.734. The van der Waals surface area contributed by atoms with Crippen LogP contribution in [0.3, 0.4) is 0 Å². The number of aromatic nitrogens is 1. The normalized spacial score (nSPS) is 11.3. The maximum atomic E-state index is 12.6. The highest BCUT2D eigenvalue weighted by atomic mass is 35.5. The highest BCUT2D eigenvalue weighted by molar-refractivity contribution is 7.93. The summed E-state index contributed by atoms with van der Waals surface area (Å²) in [6, 6.07) is 14.3. The Morgan fingerprint density at radius 1 is 1.00 bits per heavy atom. The molecule has 0 fully saturated rings. The number of carbonyl (C=O) groups excluding carboxylic acids is 1. The maximum Gasteiger partial charge on any atom is 0.264 e. The van der Waals surface area contributed by atoms with Gasteiger partial charge in [-0.15, -0.1) is 0 Å². The Labute approximate surface area is 138 Å². The van der Waals surface area contributed by atoms with Gasteiger partial charge in [-0.3, -0.25) is 14.5 Å². The minimum atomic E-state index is -3.80. The minimum absolute atomic E-state index is 0.0908. The minimum Gasteiger partial charge on any atom is -0.280 e. The molecule has 5 nitrogen and oxygen atoms in total. The van der Waals surface area contributed by atoms with Gasteiger partial charge in [0.2, 0.25) is 0 Å². The van der Waals surface area contributed by atoms with Crippen LogP contribution < -0.4 is 4.72 Å². The van der Waals surface area contributed by atoms with Crippen LogP contribution in [0.15, 0.2) is 65.7 Å². The summed E-state index contributed by atoms with van der Waals surface area (Å²) >= 11 is 5.36. The van der Waals surface area contributed by atoms with Gasteiger partial charge >= 0.3 is 0 Å². The van der Waals surface area contributed by atoms with Gasteiger partial charge in [-0.2, -0.15) is 0 Å². The van der Waals surface area contributed by atoms with E-state index in [2.05, 4.69) is 9.71 Å². The van der Waals surface area contributed by atoms with Gasteiger partial charge in [-0.05, 0) is 48.0 Å². The fourth-order valence-electron chi connectivity index (χ4n) is 2.17. The smallest absolute Gasteiger partial charge is 0.264 e. The number of nitrogens with zero attached hydrogens (tertiary/aromatic N) is 1. The third kappa shape index (κ3) is 3.18. The molecule has 0 spiro atoms. The Balaban J connectivity index is 1.99. The third-order valence-electron chi connectivity index (χ3n) is 3.25. The molecule has 7 heteroatoms. The number of carbonyl (C=O) groups is 1. The van der Waals surface area contributed by atoms with Gasteiger partial charge < -0.3 is 0 Å². The monoisotopic (exact) mass is 346 g/mol. The van der Waals surface area contributed by atoms with E-state index in [1.165, 1.54) is 30.3 Å². The van der Waals surface area contributed by atoms with E-state index in [-0.39, 0.29) is 4.90 Å². The molecule has 1 N–H and O–H groups in total. The number of hydrogen-bond acceptors (Lipinski definition) is 4. The molecule has 0 saturated carbocycles. The molecule has 23 heavy (non-hydrogen) atoms. The first-order chi connectivity index (χ1) is 11.0. The van der Waals surface area contributed by atoms with Crippen LogP contribution in [0.1, 0.15) is 10.4 Å². The average molecular weight is 347 g/mol. The molecule has 1 aromatic heterocycles. The lowest BCUT2D eigenvalue weighted by atomic mass is 10.2. The van der Waals surface area contributed by atoms with E-state index >= 15 is 0 Å². The summed E-state index contributed by atoms with van der Waals surface area (Å²) in [7, 11) is -3.80. The molecule has 0 aliphatic heterocycles. The standard InChI is InChI=1S/C16H11ClN2O3S/c17-16(20)12-6-8-13(9-7-12)19-23(21,22)14-5-1-3-11-4-2-10-18-15(11)14/h1-10,19H. The van der Waals surface area contributed by atoms with Crippen molar-refractivity contribution in [2.75, 3.05) is 4.72 Å². The number of anilines is 1. The van der Waals surface area contributed by atoms with E-state index in [0.29, 0.717) is 16.8 Å². The van der Waals surface area contributed by atoms with Crippen LogP contribution >= 0.6 is 11.6 Å². The van der Waals surface area contributed by atoms with Crippen LogP contribution in [-0.2, 0) is 10.0 Å². The fourth-order valence-corrected chi connectivity index (χ4v) is 3.54. The predicted octanol–water partition coefficient (Wildman–Crippen LogP) is 3.41. The second-order valence-corrected chi connectivity index (χ2v) is 6.78. The zero-order valence-corrected chi connectivity index (χ0v) is 13.3. The molecule has 0 radical (unpaired) electrons. The number of pyridine rings is 1. The first kappa shape index (κ1) is 15.5. The highest BCUT2D eigenvalue weighted by Gasteiger charge is 2.18. The van der Waals surface area contributed by atoms with Gasteiger partial charge in [0.15, 0.2) is 0 Å². The molecular formula is C16H11ClN2O3S. The maximum absolute atomic E-state index is 12.6. The molecule has 2 aromatic carbocycles. The van der Waals surface area contributed by atoms with Crippen molar-refractivity contribution >= 4 is 43.5 Å². The van der Waals surface area contributed by atoms with Crippen LogP contribution in [0.4, 0.5) is 5.69 Å². The number of halogens is 1. The van der Waals surface area contributed by atoms with Crippen LogP contribution in [0.25, 0.3) is 10.9 Å². The lowest BCUT2D eigenvalue weighted by Gasteiger charge is -2.10. The average Bonchev–Trinajstić information content (AvgIpc) is 2.54. The first-order valence-corrected chi connectivity index (χ1v) is 8.50. The molecule has 0 saturated heterocycles. The summed E-state index contributed by atoms with van der Waals surface area (Å²) in [5.74, 6) is 0. The first-order valence-electron chi connectivity index (χ1n) is 6.64. The predicted molar refractivity (Wildman–Crippen MR) is 89.2 cm³/mol. The van der Waals surface area contributed by atoms with Crippen LogP contribution in [0.2, 0.25) is 0 Å². The van der Waals surface area contributed by atoms with Crippen LogP contribution in [0.5, 0.6) is 0 Å². The summed E-state index contributed by atoms with van der Waals surface area (Å²) < 4.78 is 27.7.